The minimum atomic E-state index is 0.681. The smallest absolute Gasteiger partial charge is 0.0645 e. The predicted molar refractivity (Wildman–Crippen MR) is 86.4 cm³/mol. The van der Waals surface area contributed by atoms with E-state index in [-0.39, 0.29) is 0 Å². The summed E-state index contributed by atoms with van der Waals surface area (Å²) in [6.07, 6.45) is 7.80. The van der Waals surface area contributed by atoms with Crippen molar-refractivity contribution < 1.29 is 0 Å². The van der Waals surface area contributed by atoms with Crippen LogP contribution in [0, 0.1) is 11.8 Å². The van der Waals surface area contributed by atoms with Crippen molar-refractivity contribution >= 4 is 0 Å². The van der Waals surface area contributed by atoms with E-state index >= 15 is 0 Å². The molecule has 1 saturated carbocycles. The van der Waals surface area contributed by atoms with Gasteiger partial charge in [-0.05, 0) is 48.4 Å². The van der Waals surface area contributed by atoms with Crippen LogP contribution in [0.15, 0.2) is 42.7 Å². The average molecular weight is 283 g/mol. The van der Waals surface area contributed by atoms with Gasteiger partial charge in [0.25, 0.3) is 0 Å². The van der Waals surface area contributed by atoms with E-state index in [2.05, 4.69) is 48.5 Å². The van der Waals surface area contributed by atoms with E-state index in [0.29, 0.717) is 6.04 Å². The van der Waals surface area contributed by atoms with Crippen LogP contribution in [0.4, 0.5) is 0 Å². The van der Waals surface area contributed by atoms with Gasteiger partial charge in [-0.25, -0.2) is 4.68 Å². The first kappa shape index (κ1) is 14.3. The van der Waals surface area contributed by atoms with Crippen molar-refractivity contribution in [3.8, 4) is 5.69 Å². The Morgan fingerprint density at radius 2 is 2.05 bits per heavy atom. The van der Waals surface area contributed by atoms with E-state index < -0.39 is 0 Å². The first-order valence-electron chi connectivity index (χ1n) is 8.10. The fourth-order valence-corrected chi connectivity index (χ4v) is 3.55. The Balaban J connectivity index is 1.57. The van der Waals surface area contributed by atoms with Crippen molar-refractivity contribution in [1.82, 2.24) is 15.1 Å². The molecule has 3 heteroatoms. The molecule has 3 rings (SSSR count). The largest absolute Gasteiger partial charge is 0.310 e. The molecule has 0 radical (unpaired) electrons. The van der Waals surface area contributed by atoms with Crippen LogP contribution in [-0.2, 0) is 6.54 Å². The van der Waals surface area contributed by atoms with E-state index in [4.69, 9.17) is 0 Å². The van der Waals surface area contributed by atoms with Gasteiger partial charge in [-0.3, -0.25) is 0 Å². The van der Waals surface area contributed by atoms with Crippen LogP contribution in [0.25, 0.3) is 5.69 Å². The summed E-state index contributed by atoms with van der Waals surface area (Å²) in [4.78, 5) is 0. The summed E-state index contributed by atoms with van der Waals surface area (Å²) in [7, 11) is 0. The van der Waals surface area contributed by atoms with Gasteiger partial charge >= 0.3 is 0 Å². The molecule has 0 bridgehead atoms. The number of hydrogen-bond acceptors (Lipinski definition) is 2. The van der Waals surface area contributed by atoms with Crippen LogP contribution < -0.4 is 5.32 Å². The first-order valence-corrected chi connectivity index (χ1v) is 8.10. The number of aromatic nitrogens is 2. The summed E-state index contributed by atoms with van der Waals surface area (Å²) in [6.45, 7) is 5.68. The molecule has 2 aromatic rings. The van der Waals surface area contributed by atoms with Gasteiger partial charge in [0.1, 0.15) is 0 Å². The van der Waals surface area contributed by atoms with Crippen molar-refractivity contribution in [2.75, 3.05) is 0 Å². The highest BCUT2D eigenvalue weighted by molar-refractivity contribution is 5.33. The third-order valence-electron chi connectivity index (χ3n) is 5.02. The van der Waals surface area contributed by atoms with E-state index in [1.807, 2.05) is 16.9 Å². The van der Waals surface area contributed by atoms with Crippen LogP contribution in [0.3, 0.4) is 0 Å². The Bertz CT molecular complexity index is 544. The van der Waals surface area contributed by atoms with Gasteiger partial charge in [-0.1, -0.05) is 32.4 Å². The zero-order chi connectivity index (χ0) is 14.7. The van der Waals surface area contributed by atoms with Gasteiger partial charge in [-0.2, -0.15) is 5.10 Å². The molecule has 3 unspecified atom stereocenters. The maximum atomic E-state index is 4.25. The molecule has 21 heavy (non-hydrogen) atoms. The number of nitrogens with zero attached hydrogens (tertiary/aromatic N) is 2. The molecule has 1 aliphatic carbocycles. The van der Waals surface area contributed by atoms with Gasteiger partial charge in [0.2, 0.25) is 0 Å². The summed E-state index contributed by atoms with van der Waals surface area (Å²) in [6, 6.07) is 11.3. The zero-order valence-electron chi connectivity index (χ0n) is 13.0. The Morgan fingerprint density at radius 3 is 2.67 bits per heavy atom. The third-order valence-corrected chi connectivity index (χ3v) is 5.02. The van der Waals surface area contributed by atoms with Crippen molar-refractivity contribution in [3.05, 3.63) is 48.3 Å². The fourth-order valence-electron chi connectivity index (χ4n) is 3.55. The molecule has 1 aromatic carbocycles. The normalized spacial score (nSPS) is 25.3. The standard InChI is InChI=1S/C18H25N3/c1-3-16-7-10-18(14(16)2)19-13-15-5-8-17(9-6-15)21-12-4-11-20-21/h4-6,8-9,11-12,14,16,18-19H,3,7,10,13H2,1-2H3. The Kier molecular flexibility index (Phi) is 4.39. The number of hydrogen-bond donors (Lipinski definition) is 1. The second-order valence-corrected chi connectivity index (χ2v) is 6.21. The lowest BCUT2D eigenvalue weighted by Gasteiger charge is -2.21. The highest BCUT2D eigenvalue weighted by Crippen LogP contribution is 2.33. The van der Waals surface area contributed by atoms with Crippen molar-refractivity contribution in [1.29, 1.82) is 0 Å². The number of benzene rings is 1. The molecule has 1 heterocycles. The highest BCUT2D eigenvalue weighted by Gasteiger charge is 2.30. The van der Waals surface area contributed by atoms with E-state index in [9.17, 15) is 0 Å². The lowest BCUT2D eigenvalue weighted by Crippen LogP contribution is -2.32. The lowest BCUT2D eigenvalue weighted by atomic mass is 9.93. The molecule has 0 aliphatic heterocycles. The van der Waals surface area contributed by atoms with Gasteiger partial charge < -0.3 is 5.32 Å². The Labute approximate surface area is 127 Å². The van der Waals surface area contributed by atoms with E-state index in [0.717, 1.165) is 24.1 Å². The van der Waals surface area contributed by atoms with Gasteiger partial charge in [-0.15, -0.1) is 0 Å². The third kappa shape index (κ3) is 3.18. The average Bonchev–Trinajstić information content (AvgIpc) is 3.16. The molecule has 112 valence electrons. The van der Waals surface area contributed by atoms with Gasteiger partial charge in [0.15, 0.2) is 0 Å². The second kappa shape index (κ2) is 6.44. The molecule has 0 amide bonds. The van der Waals surface area contributed by atoms with Crippen LogP contribution >= 0.6 is 0 Å². The minimum Gasteiger partial charge on any atom is -0.310 e. The SMILES string of the molecule is CCC1CCC(NCc2ccc(-n3cccn3)cc2)C1C. The summed E-state index contributed by atoms with van der Waals surface area (Å²) < 4.78 is 1.89. The summed E-state index contributed by atoms with van der Waals surface area (Å²) in [5.74, 6) is 1.71. The maximum absolute atomic E-state index is 4.25. The molecule has 3 atom stereocenters. The lowest BCUT2D eigenvalue weighted by molar-refractivity contribution is 0.344. The zero-order valence-corrected chi connectivity index (χ0v) is 13.0. The molecule has 1 fully saturated rings. The van der Waals surface area contributed by atoms with Crippen molar-refractivity contribution in [3.63, 3.8) is 0 Å². The first-order chi connectivity index (χ1) is 10.3. The van der Waals surface area contributed by atoms with E-state index in [1.54, 1.807) is 6.20 Å². The Morgan fingerprint density at radius 1 is 1.24 bits per heavy atom. The molecule has 3 nitrogen and oxygen atoms in total. The van der Waals surface area contributed by atoms with E-state index in [1.165, 1.54) is 24.8 Å². The quantitative estimate of drug-likeness (QED) is 0.905. The molecule has 1 N–H and O–H groups in total. The number of rotatable bonds is 5. The summed E-state index contributed by atoms with van der Waals surface area (Å²) >= 11 is 0. The monoisotopic (exact) mass is 283 g/mol. The highest BCUT2D eigenvalue weighted by atomic mass is 15.3. The predicted octanol–water partition coefficient (Wildman–Crippen LogP) is 3.79. The Hall–Kier alpha value is -1.61. The number of nitrogens with one attached hydrogen (secondary N) is 1. The topological polar surface area (TPSA) is 29.9 Å². The van der Waals surface area contributed by atoms with Crippen molar-refractivity contribution in [2.24, 2.45) is 11.8 Å². The molecule has 1 aliphatic rings. The maximum Gasteiger partial charge on any atom is 0.0645 e. The van der Waals surface area contributed by atoms with Gasteiger partial charge in [0.05, 0.1) is 5.69 Å². The minimum absolute atomic E-state index is 0.681. The van der Waals surface area contributed by atoms with Gasteiger partial charge in [0, 0.05) is 25.0 Å². The fraction of sp³-hybridized carbons (Fsp3) is 0.500. The molecular formula is C18H25N3. The van der Waals surface area contributed by atoms with Crippen LogP contribution in [0.1, 0.15) is 38.7 Å². The van der Waals surface area contributed by atoms with Crippen LogP contribution in [0.2, 0.25) is 0 Å². The molecule has 1 aromatic heterocycles. The van der Waals surface area contributed by atoms with Crippen molar-refractivity contribution in [2.45, 2.75) is 45.7 Å². The van der Waals surface area contributed by atoms with Crippen LogP contribution in [0.5, 0.6) is 0 Å². The summed E-state index contributed by atoms with van der Waals surface area (Å²) in [5, 5.41) is 8.00. The molecular weight excluding hydrogens is 258 g/mol. The summed E-state index contributed by atoms with van der Waals surface area (Å²) in [5.41, 5.74) is 2.46. The molecule has 0 saturated heterocycles. The van der Waals surface area contributed by atoms with Crippen LogP contribution in [-0.4, -0.2) is 15.8 Å². The second-order valence-electron chi connectivity index (χ2n) is 6.21. The molecule has 0 spiro atoms.